The van der Waals surface area contributed by atoms with Crippen LogP contribution < -0.4 is 10.5 Å². The van der Waals surface area contributed by atoms with Gasteiger partial charge in [-0.25, -0.2) is 9.97 Å². The molecule has 0 spiro atoms. The Morgan fingerprint density at radius 3 is 2.77 bits per heavy atom. The second-order valence-electron chi connectivity index (χ2n) is 6.34. The minimum Gasteiger partial charge on any atom is -0.283 e. The molecule has 3 aromatic heterocycles. The van der Waals surface area contributed by atoms with Gasteiger partial charge in [0.05, 0.1) is 16.8 Å². The predicted molar refractivity (Wildman–Crippen MR) is 125 cm³/mol. The number of thiophene rings is 1. The molecule has 0 radical (unpaired) electrons. The Balaban J connectivity index is 1.59. The number of amides is 1. The Labute approximate surface area is 185 Å². The maximum atomic E-state index is 12.7. The van der Waals surface area contributed by atoms with Gasteiger partial charge in [-0.15, -0.1) is 29.3 Å². The molecule has 0 saturated heterocycles. The number of hydrogen-bond donors (Lipinski definition) is 0. The Kier molecular flexibility index (Phi) is 6.12. The molecule has 0 aliphatic heterocycles. The van der Waals surface area contributed by atoms with Crippen LogP contribution in [0.1, 0.15) is 12.6 Å². The summed E-state index contributed by atoms with van der Waals surface area (Å²) >= 11 is 4.32. The van der Waals surface area contributed by atoms with E-state index in [2.05, 4.69) is 16.5 Å². The summed E-state index contributed by atoms with van der Waals surface area (Å²) in [5.41, 5.74) is 1.55. The van der Waals surface area contributed by atoms with E-state index in [0.717, 1.165) is 16.2 Å². The van der Waals surface area contributed by atoms with Gasteiger partial charge in [0, 0.05) is 24.6 Å². The van der Waals surface area contributed by atoms with Crippen LogP contribution in [-0.2, 0) is 17.1 Å². The van der Waals surface area contributed by atoms with Crippen molar-refractivity contribution in [1.82, 2.24) is 14.5 Å². The minimum atomic E-state index is -0.0978. The lowest BCUT2D eigenvalue weighted by atomic mass is 10.3. The highest BCUT2D eigenvalue weighted by Gasteiger charge is 2.18. The number of carbonyl (C=O) groups excluding carboxylic acids is 1. The molecule has 0 aliphatic rings. The quantitative estimate of drug-likeness (QED) is 0.221. The summed E-state index contributed by atoms with van der Waals surface area (Å²) in [6.45, 7) is 5.67. The van der Waals surface area contributed by atoms with Crippen LogP contribution in [0.3, 0.4) is 0 Å². The van der Waals surface area contributed by atoms with Gasteiger partial charge in [-0.1, -0.05) is 36.0 Å². The van der Waals surface area contributed by atoms with Gasteiger partial charge in [-0.2, -0.15) is 0 Å². The Morgan fingerprint density at radius 1 is 1.23 bits per heavy atom. The zero-order valence-corrected chi connectivity index (χ0v) is 18.6. The number of rotatable bonds is 7. The molecule has 9 heteroatoms. The van der Waals surface area contributed by atoms with Crippen LogP contribution in [0.2, 0.25) is 0 Å². The second kappa shape index (κ2) is 8.95. The van der Waals surface area contributed by atoms with E-state index in [-0.39, 0.29) is 11.5 Å². The average molecular weight is 455 g/mol. The highest BCUT2D eigenvalue weighted by molar-refractivity contribution is 7.98. The lowest BCUT2D eigenvalue weighted by Gasteiger charge is -2.17. The van der Waals surface area contributed by atoms with Gasteiger partial charge in [0.25, 0.3) is 5.56 Å². The predicted octanol–water partition coefficient (Wildman–Crippen LogP) is 5.08. The third-order valence-electron chi connectivity index (χ3n) is 4.27. The fourth-order valence-electron chi connectivity index (χ4n) is 2.94. The molecule has 0 saturated carbocycles. The van der Waals surface area contributed by atoms with Gasteiger partial charge in [-0.3, -0.25) is 19.1 Å². The van der Waals surface area contributed by atoms with Crippen LogP contribution in [-0.4, -0.2) is 20.4 Å². The minimum absolute atomic E-state index is 0.0607. The van der Waals surface area contributed by atoms with E-state index < -0.39 is 0 Å². The molecule has 0 unspecified atom stereocenters. The molecule has 4 aromatic rings. The fraction of sp³-hybridized carbons (Fsp3) is 0.143. The number of nitrogens with zero attached hydrogens (tertiary/aromatic N) is 4. The first-order chi connectivity index (χ1) is 14.6. The average Bonchev–Trinajstić information content (AvgIpc) is 3.39. The van der Waals surface area contributed by atoms with Crippen molar-refractivity contribution in [2.45, 2.75) is 24.4 Å². The van der Waals surface area contributed by atoms with Crippen molar-refractivity contribution in [1.29, 1.82) is 0 Å². The number of hydrogen-bond acceptors (Lipinski definition) is 7. The van der Waals surface area contributed by atoms with Crippen LogP contribution in [0, 0.1) is 0 Å². The first-order valence-corrected chi connectivity index (χ1v) is 11.8. The number of benzene rings is 1. The van der Waals surface area contributed by atoms with E-state index in [1.165, 1.54) is 41.4 Å². The summed E-state index contributed by atoms with van der Waals surface area (Å²) in [6, 6.07) is 11.3. The van der Waals surface area contributed by atoms with Crippen LogP contribution in [0.15, 0.2) is 69.8 Å². The first-order valence-electron chi connectivity index (χ1n) is 9.10. The van der Waals surface area contributed by atoms with Crippen molar-refractivity contribution < 1.29 is 4.79 Å². The smallest absolute Gasteiger partial charge is 0.263 e. The number of fused-ring (bicyclic) bond motifs is 1. The molecular formula is C21H18N4O2S3. The van der Waals surface area contributed by atoms with Gasteiger partial charge in [0.1, 0.15) is 4.83 Å². The third kappa shape index (κ3) is 4.09. The Bertz CT molecular complexity index is 1260. The number of thioether (sulfide) groups is 1. The van der Waals surface area contributed by atoms with E-state index in [1.54, 1.807) is 21.6 Å². The van der Waals surface area contributed by atoms with Gasteiger partial charge < -0.3 is 0 Å². The molecule has 6 nitrogen and oxygen atoms in total. The molecular weight excluding hydrogens is 436 g/mol. The Hall–Kier alpha value is -2.75. The monoisotopic (exact) mass is 454 g/mol. The summed E-state index contributed by atoms with van der Waals surface area (Å²) in [6.07, 6.45) is 1.69. The number of para-hydroxylation sites is 1. The highest BCUT2D eigenvalue weighted by atomic mass is 32.2. The van der Waals surface area contributed by atoms with Crippen molar-refractivity contribution in [2.24, 2.45) is 0 Å². The molecule has 1 amide bonds. The van der Waals surface area contributed by atoms with Crippen molar-refractivity contribution in [3.8, 4) is 0 Å². The summed E-state index contributed by atoms with van der Waals surface area (Å²) in [5.74, 6) is 0.441. The maximum Gasteiger partial charge on any atom is 0.263 e. The summed E-state index contributed by atoms with van der Waals surface area (Å²) in [5, 5.41) is 5.69. The molecule has 0 N–H and O–H groups in total. The number of allylic oxidation sites excluding steroid dienone is 1. The van der Waals surface area contributed by atoms with Crippen molar-refractivity contribution in [3.63, 3.8) is 0 Å². The largest absolute Gasteiger partial charge is 0.283 e. The maximum absolute atomic E-state index is 12.7. The normalized spacial score (nSPS) is 11.0. The highest BCUT2D eigenvalue weighted by Crippen LogP contribution is 2.31. The van der Waals surface area contributed by atoms with Gasteiger partial charge >= 0.3 is 0 Å². The number of thiazole rings is 1. The zero-order chi connectivity index (χ0) is 21.1. The Morgan fingerprint density at radius 2 is 2.03 bits per heavy atom. The van der Waals surface area contributed by atoms with E-state index in [0.29, 0.717) is 28.0 Å². The summed E-state index contributed by atoms with van der Waals surface area (Å²) in [4.78, 5) is 36.6. The van der Waals surface area contributed by atoms with Gasteiger partial charge in [-0.05, 0) is 23.6 Å². The fourth-order valence-corrected chi connectivity index (χ4v) is 5.64. The summed E-state index contributed by atoms with van der Waals surface area (Å²) < 4.78 is 1.63. The molecule has 0 fully saturated rings. The van der Waals surface area contributed by atoms with Crippen LogP contribution in [0.25, 0.3) is 10.2 Å². The number of aromatic nitrogens is 3. The second-order valence-corrected chi connectivity index (χ2v) is 9.01. The molecule has 30 heavy (non-hydrogen) atoms. The van der Waals surface area contributed by atoms with E-state index in [4.69, 9.17) is 0 Å². The van der Waals surface area contributed by atoms with Gasteiger partial charge in [0.15, 0.2) is 10.3 Å². The van der Waals surface area contributed by atoms with E-state index in [1.807, 2.05) is 41.1 Å². The lowest BCUT2D eigenvalue weighted by Crippen LogP contribution is -2.22. The molecule has 4 rings (SSSR count). The third-order valence-corrected chi connectivity index (χ3v) is 6.96. The van der Waals surface area contributed by atoms with Crippen LogP contribution in [0.5, 0.6) is 0 Å². The molecule has 1 aromatic carbocycles. The van der Waals surface area contributed by atoms with Gasteiger partial charge in [0.2, 0.25) is 5.91 Å². The molecule has 3 heterocycles. The number of anilines is 2. The topological polar surface area (TPSA) is 68.1 Å². The van der Waals surface area contributed by atoms with Crippen molar-refractivity contribution in [3.05, 3.63) is 75.9 Å². The lowest BCUT2D eigenvalue weighted by molar-refractivity contribution is -0.115. The molecule has 0 atom stereocenters. The van der Waals surface area contributed by atoms with Crippen molar-refractivity contribution in [2.75, 3.05) is 4.90 Å². The summed E-state index contributed by atoms with van der Waals surface area (Å²) in [7, 11) is 0. The molecule has 0 bridgehead atoms. The zero-order valence-electron chi connectivity index (χ0n) is 16.1. The SMILES string of the molecule is C=CCn1c(SCc2csc(N(C(C)=O)c3ccccc3)n2)nc2sccc2c1=O. The molecule has 0 aliphatic carbocycles. The van der Waals surface area contributed by atoms with Crippen LogP contribution in [0.4, 0.5) is 10.8 Å². The van der Waals surface area contributed by atoms with E-state index >= 15 is 0 Å². The standard InChI is InChI=1S/C21H18N4O2S3/c1-3-10-24-19(27)17-9-11-28-18(17)23-20(24)29-12-15-13-30-21(22-15)25(14(2)26)16-7-5-4-6-8-16/h3-9,11,13H,1,10,12H2,2H3. The molecule has 152 valence electrons. The van der Waals surface area contributed by atoms with Crippen molar-refractivity contribution >= 4 is 61.4 Å². The van der Waals surface area contributed by atoms with E-state index in [9.17, 15) is 9.59 Å². The van der Waals surface area contributed by atoms with Crippen LogP contribution >= 0.6 is 34.4 Å². The first kappa shape index (κ1) is 20.5. The number of carbonyl (C=O) groups is 1.